The van der Waals surface area contributed by atoms with Crippen LogP contribution in [0.25, 0.3) is 5.76 Å². The highest BCUT2D eigenvalue weighted by molar-refractivity contribution is 6.46. The third kappa shape index (κ3) is 5.88. The minimum atomic E-state index is -0.701. The van der Waals surface area contributed by atoms with Crippen LogP contribution in [-0.2, 0) is 16.0 Å². The first kappa shape index (κ1) is 27.7. The van der Waals surface area contributed by atoms with E-state index in [1.807, 2.05) is 43.3 Å². The second kappa shape index (κ2) is 12.5. The van der Waals surface area contributed by atoms with Crippen molar-refractivity contribution in [2.45, 2.75) is 65.5 Å². The molecular formula is C31H40N2O5. The van der Waals surface area contributed by atoms with E-state index in [-0.39, 0.29) is 17.4 Å². The number of fused-ring (bicyclic) bond motifs is 1. The maximum atomic E-state index is 13.4. The lowest BCUT2D eigenvalue weighted by atomic mass is 9.94. The summed E-state index contributed by atoms with van der Waals surface area (Å²) in [6.07, 6.45) is 3.96. The fourth-order valence-corrected chi connectivity index (χ4v) is 5.29. The number of likely N-dealkylation sites (tertiary alicyclic amines) is 1. The highest BCUT2D eigenvalue weighted by atomic mass is 16.5. The molecule has 2 atom stereocenters. The van der Waals surface area contributed by atoms with E-state index < -0.39 is 17.7 Å². The van der Waals surface area contributed by atoms with E-state index in [0.29, 0.717) is 31.0 Å². The van der Waals surface area contributed by atoms with Gasteiger partial charge in [0.05, 0.1) is 18.2 Å². The molecule has 1 N–H and O–H groups in total. The van der Waals surface area contributed by atoms with Crippen LogP contribution >= 0.6 is 0 Å². The smallest absolute Gasteiger partial charge is 0.295 e. The molecule has 2 unspecified atom stereocenters. The van der Waals surface area contributed by atoms with E-state index in [2.05, 4.69) is 25.7 Å². The summed E-state index contributed by atoms with van der Waals surface area (Å²) in [6.45, 7) is 11.6. The second-order valence-corrected chi connectivity index (χ2v) is 10.1. The molecule has 2 aromatic rings. The topological polar surface area (TPSA) is 79.3 Å². The Morgan fingerprint density at radius 3 is 2.63 bits per heavy atom. The number of carbonyl (C=O) groups excluding carboxylic acids is 2. The first-order valence-corrected chi connectivity index (χ1v) is 13.9. The van der Waals surface area contributed by atoms with Gasteiger partial charge in [0.2, 0.25) is 0 Å². The molecule has 7 heteroatoms. The Bertz CT molecular complexity index is 1190. The maximum absolute atomic E-state index is 13.4. The van der Waals surface area contributed by atoms with Gasteiger partial charge in [-0.1, -0.05) is 45.7 Å². The molecule has 0 saturated carbocycles. The summed E-state index contributed by atoms with van der Waals surface area (Å²) in [5.74, 6) is 0.0765. The van der Waals surface area contributed by atoms with Crippen molar-refractivity contribution < 1.29 is 24.2 Å². The highest BCUT2D eigenvalue weighted by Gasteiger charge is 2.46. The minimum absolute atomic E-state index is 0.0631. The maximum Gasteiger partial charge on any atom is 0.295 e. The number of amides is 1. The first-order valence-electron chi connectivity index (χ1n) is 13.9. The lowest BCUT2D eigenvalue weighted by Gasteiger charge is -2.28. The monoisotopic (exact) mass is 520 g/mol. The lowest BCUT2D eigenvalue weighted by Crippen LogP contribution is -2.38. The Morgan fingerprint density at radius 2 is 1.89 bits per heavy atom. The number of ketones is 1. The summed E-state index contributed by atoms with van der Waals surface area (Å²) in [4.78, 5) is 30.6. The number of aliphatic hydroxyl groups excluding tert-OH is 1. The fraction of sp³-hybridized carbons (Fsp3) is 0.484. The Morgan fingerprint density at radius 1 is 1.11 bits per heavy atom. The molecule has 0 aromatic heterocycles. The number of aliphatic hydroxyl groups is 1. The van der Waals surface area contributed by atoms with Crippen LogP contribution in [0.2, 0.25) is 0 Å². The van der Waals surface area contributed by atoms with Gasteiger partial charge < -0.3 is 24.4 Å². The number of hydrogen-bond donors (Lipinski definition) is 1. The SMILES string of the molecule is CCCCCOc1cccc(C2/C(=C(\O)c3ccc4c(c3)CC(C)O4)C(=O)C(=O)N2CCN(CC)CC)c1. The van der Waals surface area contributed by atoms with E-state index in [9.17, 15) is 14.7 Å². The van der Waals surface area contributed by atoms with Crippen molar-refractivity contribution in [3.05, 3.63) is 64.7 Å². The van der Waals surface area contributed by atoms with Gasteiger partial charge in [-0.3, -0.25) is 9.59 Å². The van der Waals surface area contributed by atoms with Gasteiger partial charge in [0.25, 0.3) is 11.7 Å². The van der Waals surface area contributed by atoms with Crippen molar-refractivity contribution in [1.29, 1.82) is 0 Å². The van der Waals surface area contributed by atoms with Crippen molar-refractivity contribution in [2.75, 3.05) is 32.8 Å². The number of ether oxygens (including phenoxy) is 2. The minimum Gasteiger partial charge on any atom is -0.507 e. The molecule has 0 radical (unpaired) electrons. The number of Topliss-reactive ketones (excluding diaryl/α,β-unsaturated/α-hetero) is 1. The molecule has 2 aliphatic heterocycles. The molecule has 0 spiro atoms. The zero-order valence-electron chi connectivity index (χ0n) is 23.0. The van der Waals surface area contributed by atoms with Gasteiger partial charge in [-0.2, -0.15) is 0 Å². The van der Waals surface area contributed by atoms with Crippen molar-refractivity contribution in [2.24, 2.45) is 0 Å². The number of likely N-dealkylation sites (N-methyl/N-ethyl adjacent to an activating group) is 1. The van der Waals surface area contributed by atoms with E-state index in [1.54, 1.807) is 11.0 Å². The summed E-state index contributed by atoms with van der Waals surface area (Å²) >= 11 is 0. The summed E-state index contributed by atoms with van der Waals surface area (Å²) in [6, 6.07) is 12.3. The third-order valence-corrected chi connectivity index (χ3v) is 7.45. The first-order chi connectivity index (χ1) is 18.4. The van der Waals surface area contributed by atoms with Gasteiger partial charge in [0.15, 0.2) is 0 Å². The highest BCUT2D eigenvalue weighted by Crippen LogP contribution is 2.41. The van der Waals surface area contributed by atoms with Gasteiger partial charge in [-0.05, 0) is 67.9 Å². The lowest BCUT2D eigenvalue weighted by molar-refractivity contribution is -0.140. The molecule has 1 fully saturated rings. The van der Waals surface area contributed by atoms with Crippen LogP contribution in [-0.4, -0.2) is 65.5 Å². The molecule has 204 valence electrons. The van der Waals surface area contributed by atoms with Gasteiger partial charge >= 0.3 is 0 Å². The molecule has 1 saturated heterocycles. The van der Waals surface area contributed by atoms with Crippen molar-refractivity contribution in [1.82, 2.24) is 9.80 Å². The second-order valence-electron chi connectivity index (χ2n) is 10.1. The predicted molar refractivity (Wildman–Crippen MR) is 148 cm³/mol. The number of hydrogen-bond acceptors (Lipinski definition) is 6. The Kier molecular flexibility index (Phi) is 9.10. The molecule has 38 heavy (non-hydrogen) atoms. The largest absolute Gasteiger partial charge is 0.507 e. The average Bonchev–Trinajstić information content (AvgIpc) is 3.42. The van der Waals surface area contributed by atoms with Crippen LogP contribution in [0.4, 0.5) is 0 Å². The number of carbonyl (C=O) groups is 2. The van der Waals surface area contributed by atoms with Crippen LogP contribution in [0.5, 0.6) is 11.5 Å². The van der Waals surface area contributed by atoms with Crippen LogP contribution in [0.1, 0.15) is 69.7 Å². The number of benzene rings is 2. The molecule has 2 aliphatic rings. The Hall–Kier alpha value is -3.32. The fourth-order valence-electron chi connectivity index (χ4n) is 5.29. The standard InChI is InChI=1S/C31H40N2O5/c1-5-8-9-17-37-25-12-10-11-22(20-25)28-27(30(35)31(36)33(28)16-15-32(6-2)7-3)29(34)23-13-14-26-24(19-23)18-21(4)38-26/h10-14,19-21,28,34H,5-9,15-18H2,1-4H3/b29-27+. The number of nitrogens with zero attached hydrogens (tertiary/aromatic N) is 2. The molecule has 0 aliphatic carbocycles. The van der Waals surface area contributed by atoms with Gasteiger partial charge in [0.1, 0.15) is 23.4 Å². The summed E-state index contributed by atoms with van der Waals surface area (Å²) in [5, 5.41) is 11.5. The van der Waals surface area contributed by atoms with Crippen LogP contribution in [0, 0.1) is 0 Å². The van der Waals surface area contributed by atoms with Gasteiger partial charge in [0, 0.05) is 25.1 Å². The van der Waals surface area contributed by atoms with E-state index in [1.165, 1.54) is 0 Å². The van der Waals surface area contributed by atoms with Gasteiger partial charge in [-0.25, -0.2) is 0 Å². The van der Waals surface area contributed by atoms with Crippen molar-refractivity contribution in [3.63, 3.8) is 0 Å². The molecular weight excluding hydrogens is 480 g/mol. The zero-order chi connectivity index (χ0) is 27.2. The predicted octanol–water partition coefficient (Wildman–Crippen LogP) is 5.34. The van der Waals surface area contributed by atoms with E-state index >= 15 is 0 Å². The molecule has 7 nitrogen and oxygen atoms in total. The quantitative estimate of drug-likeness (QED) is 0.176. The van der Waals surface area contributed by atoms with Crippen LogP contribution in [0.15, 0.2) is 48.0 Å². The molecule has 2 heterocycles. The Balaban J connectivity index is 1.73. The van der Waals surface area contributed by atoms with Crippen LogP contribution in [0.3, 0.4) is 0 Å². The van der Waals surface area contributed by atoms with E-state index in [4.69, 9.17) is 9.47 Å². The molecule has 1 amide bonds. The Labute approximate surface area is 226 Å². The van der Waals surface area contributed by atoms with E-state index in [0.717, 1.165) is 55.6 Å². The van der Waals surface area contributed by atoms with Crippen molar-refractivity contribution in [3.8, 4) is 11.5 Å². The summed E-state index contributed by atoms with van der Waals surface area (Å²) < 4.78 is 11.8. The number of rotatable bonds is 12. The van der Waals surface area contributed by atoms with Crippen molar-refractivity contribution >= 4 is 17.4 Å². The molecule has 2 aromatic carbocycles. The third-order valence-electron chi connectivity index (χ3n) is 7.45. The van der Waals surface area contributed by atoms with Crippen LogP contribution < -0.4 is 9.47 Å². The molecule has 4 rings (SSSR count). The average molecular weight is 521 g/mol. The number of unbranched alkanes of at least 4 members (excludes halogenated alkanes) is 2. The normalized spacial score (nSPS) is 20.2. The van der Waals surface area contributed by atoms with Gasteiger partial charge in [-0.15, -0.1) is 0 Å². The zero-order valence-corrected chi connectivity index (χ0v) is 23.0. The molecule has 0 bridgehead atoms. The summed E-state index contributed by atoms with van der Waals surface area (Å²) in [7, 11) is 0. The summed E-state index contributed by atoms with van der Waals surface area (Å²) in [5.41, 5.74) is 2.36.